The summed E-state index contributed by atoms with van der Waals surface area (Å²) in [5, 5.41) is 2.99. The molecule has 0 saturated heterocycles. The number of nitrogens with one attached hydrogen (secondary N) is 2. The summed E-state index contributed by atoms with van der Waals surface area (Å²) in [6.07, 6.45) is 3.69. The van der Waals surface area contributed by atoms with E-state index >= 15 is 0 Å². The van der Waals surface area contributed by atoms with Gasteiger partial charge >= 0.3 is 5.97 Å². The standard InChI is InChI=1S/C26H29N3O5/c1-16-23(26(32)33-3)17(2)27-24(16)22(30)15-29(14-21-5-4-12-34-21)13-18-6-8-19(9-7-18)25(31)28-20-10-11-20/h4-9,12,20,27H,10-11,13-15H2,1-3H3,(H,28,31). The van der Waals surface area contributed by atoms with Crippen LogP contribution in [0, 0.1) is 13.8 Å². The van der Waals surface area contributed by atoms with Crippen molar-refractivity contribution in [3.05, 3.63) is 82.1 Å². The van der Waals surface area contributed by atoms with E-state index in [0.717, 1.165) is 24.2 Å². The Bertz CT molecular complexity index is 1170. The zero-order valence-electron chi connectivity index (χ0n) is 19.6. The minimum Gasteiger partial charge on any atom is -0.468 e. The van der Waals surface area contributed by atoms with Gasteiger partial charge in [-0.2, -0.15) is 0 Å². The number of rotatable bonds is 10. The van der Waals surface area contributed by atoms with Crippen LogP contribution in [-0.2, 0) is 17.8 Å². The molecule has 1 saturated carbocycles. The van der Waals surface area contributed by atoms with Gasteiger partial charge in [0.1, 0.15) is 5.76 Å². The number of H-pyrrole nitrogens is 1. The van der Waals surface area contributed by atoms with E-state index in [1.807, 2.05) is 29.2 Å². The Hall–Kier alpha value is -3.65. The number of ketones is 1. The minimum absolute atomic E-state index is 0.0596. The molecule has 2 N–H and O–H groups in total. The maximum atomic E-state index is 13.2. The van der Waals surface area contributed by atoms with Gasteiger partial charge in [-0.1, -0.05) is 12.1 Å². The fourth-order valence-electron chi connectivity index (χ4n) is 4.03. The smallest absolute Gasteiger partial charge is 0.339 e. The molecule has 1 fully saturated rings. The highest BCUT2D eigenvalue weighted by molar-refractivity contribution is 6.02. The number of aromatic amines is 1. The normalized spacial score (nSPS) is 13.2. The second-order valence-corrected chi connectivity index (χ2v) is 8.71. The number of methoxy groups -OCH3 is 1. The Morgan fingerprint density at radius 1 is 1.12 bits per heavy atom. The lowest BCUT2D eigenvalue weighted by Crippen LogP contribution is -2.30. The van der Waals surface area contributed by atoms with Gasteiger partial charge in [0.2, 0.25) is 0 Å². The molecule has 3 aromatic rings. The Morgan fingerprint density at radius 3 is 2.47 bits per heavy atom. The topological polar surface area (TPSA) is 105 Å². The van der Waals surface area contributed by atoms with Gasteiger partial charge in [0.05, 0.1) is 37.7 Å². The van der Waals surface area contributed by atoms with Crippen molar-refractivity contribution in [1.29, 1.82) is 0 Å². The van der Waals surface area contributed by atoms with Gasteiger partial charge in [-0.15, -0.1) is 0 Å². The van der Waals surface area contributed by atoms with Crippen LogP contribution in [0.5, 0.6) is 0 Å². The molecule has 8 nitrogen and oxygen atoms in total. The lowest BCUT2D eigenvalue weighted by Gasteiger charge is -2.21. The largest absolute Gasteiger partial charge is 0.468 e. The molecule has 8 heteroatoms. The second-order valence-electron chi connectivity index (χ2n) is 8.71. The number of furan rings is 1. The Morgan fingerprint density at radius 2 is 1.85 bits per heavy atom. The molecule has 178 valence electrons. The van der Waals surface area contributed by atoms with E-state index in [1.165, 1.54) is 7.11 Å². The maximum absolute atomic E-state index is 13.2. The van der Waals surface area contributed by atoms with Gasteiger partial charge in [-0.05, 0) is 62.1 Å². The van der Waals surface area contributed by atoms with Gasteiger partial charge in [-0.3, -0.25) is 14.5 Å². The van der Waals surface area contributed by atoms with Crippen LogP contribution in [0.3, 0.4) is 0 Å². The van der Waals surface area contributed by atoms with Crippen molar-refractivity contribution in [3.63, 3.8) is 0 Å². The summed E-state index contributed by atoms with van der Waals surface area (Å²) in [6.45, 7) is 4.53. The van der Waals surface area contributed by atoms with E-state index in [9.17, 15) is 14.4 Å². The molecule has 0 bridgehead atoms. The quantitative estimate of drug-likeness (QED) is 0.350. The number of carbonyl (C=O) groups is 3. The van der Waals surface area contributed by atoms with E-state index in [1.54, 1.807) is 32.2 Å². The summed E-state index contributed by atoms with van der Waals surface area (Å²) in [6, 6.07) is 11.4. The van der Waals surface area contributed by atoms with E-state index in [4.69, 9.17) is 9.15 Å². The van der Waals surface area contributed by atoms with Crippen LogP contribution in [-0.4, -0.2) is 47.2 Å². The van der Waals surface area contributed by atoms with Gasteiger partial charge in [-0.25, -0.2) is 4.79 Å². The van der Waals surface area contributed by atoms with E-state index < -0.39 is 5.97 Å². The van der Waals surface area contributed by atoms with Crippen molar-refractivity contribution in [2.24, 2.45) is 0 Å². The van der Waals surface area contributed by atoms with Crippen LogP contribution in [0.25, 0.3) is 0 Å². The molecule has 1 aromatic carbocycles. The van der Waals surface area contributed by atoms with Crippen LogP contribution >= 0.6 is 0 Å². The third-order valence-corrected chi connectivity index (χ3v) is 5.97. The molecule has 1 amide bonds. The lowest BCUT2D eigenvalue weighted by molar-refractivity contribution is 0.0599. The van der Waals surface area contributed by atoms with Crippen molar-refractivity contribution in [2.75, 3.05) is 13.7 Å². The number of aryl methyl sites for hydroxylation is 1. The molecule has 2 heterocycles. The fraction of sp³-hybridized carbons (Fsp3) is 0.346. The van der Waals surface area contributed by atoms with Crippen LogP contribution in [0.4, 0.5) is 0 Å². The summed E-state index contributed by atoms with van der Waals surface area (Å²) in [5.41, 5.74) is 3.57. The summed E-state index contributed by atoms with van der Waals surface area (Å²) in [5.74, 6) is 0.0739. The van der Waals surface area contributed by atoms with Crippen molar-refractivity contribution in [2.45, 2.75) is 45.8 Å². The van der Waals surface area contributed by atoms with Crippen LogP contribution in [0.15, 0.2) is 47.1 Å². The number of carbonyl (C=O) groups excluding carboxylic acids is 3. The molecular weight excluding hydrogens is 434 g/mol. The number of aromatic nitrogens is 1. The summed E-state index contributed by atoms with van der Waals surface area (Å²) >= 11 is 0. The maximum Gasteiger partial charge on any atom is 0.339 e. The van der Waals surface area contributed by atoms with Crippen molar-refractivity contribution < 1.29 is 23.5 Å². The number of ether oxygens (including phenoxy) is 1. The molecule has 0 aliphatic heterocycles. The number of nitrogens with zero attached hydrogens (tertiary/aromatic N) is 1. The van der Waals surface area contributed by atoms with Gasteiger partial charge in [0.15, 0.2) is 5.78 Å². The van der Waals surface area contributed by atoms with Gasteiger partial charge in [0.25, 0.3) is 5.91 Å². The minimum atomic E-state index is -0.469. The number of hydrogen-bond acceptors (Lipinski definition) is 6. The lowest BCUT2D eigenvalue weighted by atomic mass is 10.1. The van der Waals surface area contributed by atoms with Crippen LogP contribution < -0.4 is 5.32 Å². The molecule has 0 radical (unpaired) electrons. The fourth-order valence-corrected chi connectivity index (χ4v) is 4.03. The van der Waals surface area contributed by atoms with E-state index in [0.29, 0.717) is 47.2 Å². The first-order chi connectivity index (χ1) is 16.4. The highest BCUT2D eigenvalue weighted by Crippen LogP contribution is 2.21. The molecule has 2 aromatic heterocycles. The predicted molar refractivity (Wildman–Crippen MR) is 126 cm³/mol. The predicted octanol–water partition coefficient (Wildman–Crippen LogP) is 3.79. The van der Waals surface area contributed by atoms with Crippen LogP contribution in [0.2, 0.25) is 0 Å². The highest BCUT2D eigenvalue weighted by atomic mass is 16.5. The summed E-state index contributed by atoms with van der Waals surface area (Å²) in [4.78, 5) is 42.6. The number of amides is 1. The average Bonchev–Trinajstić information content (AvgIpc) is 3.38. The van der Waals surface area contributed by atoms with E-state index in [-0.39, 0.29) is 18.2 Å². The third kappa shape index (κ3) is 5.46. The number of Topliss-reactive ketones (excluding diaryl/α,β-unsaturated/α-hetero) is 1. The zero-order chi connectivity index (χ0) is 24.2. The first kappa shape index (κ1) is 23.5. The molecular formula is C26H29N3O5. The van der Waals surface area contributed by atoms with Crippen molar-refractivity contribution >= 4 is 17.7 Å². The number of benzene rings is 1. The SMILES string of the molecule is COC(=O)c1c(C)[nH]c(C(=O)CN(Cc2ccc(C(=O)NC3CC3)cc2)Cc2ccco2)c1C. The first-order valence-electron chi connectivity index (χ1n) is 11.3. The first-order valence-corrected chi connectivity index (χ1v) is 11.3. The second kappa shape index (κ2) is 10.1. The molecule has 0 spiro atoms. The molecule has 0 unspecified atom stereocenters. The molecule has 1 aliphatic carbocycles. The molecule has 0 atom stereocenters. The Labute approximate surface area is 198 Å². The summed E-state index contributed by atoms with van der Waals surface area (Å²) in [7, 11) is 1.32. The average molecular weight is 464 g/mol. The number of esters is 1. The van der Waals surface area contributed by atoms with Gasteiger partial charge in [0, 0.05) is 23.8 Å². The monoisotopic (exact) mass is 463 g/mol. The zero-order valence-corrected chi connectivity index (χ0v) is 19.6. The van der Waals surface area contributed by atoms with E-state index in [2.05, 4.69) is 10.3 Å². The molecule has 1 aliphatic rings. The molecule has 34 heavy (non-hydrogen) atoms. The van der Waals surface area contributed by atoms with Crippen molar-refractivity contribution in [3.8, 4) is 0 Å². The Kier molecular flexibility index (Phi) is 6.98. The van der Waals surface area contributed by atoms with Gasteiger partial charge < -0.3 is 19.5 Å². The van der Waals surface area contributed by atoms with Crippen molar-refractivity contribution in [1.82, 2.24) is 15.2 Å². The highest BCUT2D eigenvalue weighted by Gasteiger charge is 2.25. The Balaban J connectivity index is 1.49. The number of hydrogen-bond donors (Lipinski definition) is 2. The molecule has 4 rings (SSSR count). The third-order valence-electron chi connectivity index (χ3n) is 5.97. The summed E-state index contributed by atoms with van der Waals surface area (Å²) < 4.78 is 10.4. The van der Waals surface area contributed by atoms with Crippen LogP contribution in [0.1, 0.15) is 66.6 Å².